The van der Waals surface area contributed by atoms with Crippen molar-refractivity contribution in [3.63, 3.8) is 0 Å². The Morgan fingerprint density at radius 1 is 1.07 bits per heavy atom. The summed E-state index contributed by atoms with van der Waals surface area (Å²) in [5.74, 6) is 4.00. The fraction of sp³-hybridized carbons (Fsp3) is 0.677. The summed E-state index contributed by atoms with van der Waals surface area (Å²) in [4.78, 5) is 36.4. The number of non-ortho nitro benzene ring substituents is 1. The monoisotopic (exact) mass is 582 g/mol. The summed E-state index contributed by atoms with van der Waals surface area (Å²) in [6.07, 6.45) is 10.4. The van der Waals surface area contributed by atoms with Gasteiger partial charge in [-0.15, -0.1) is 0 Å². The molecule has 11 nitrogen and oxygen atoms in total. The third-order valence-electron chi connectivity index (χ3n) is 10.9. The molecule has 7 atom stereocenters. The fourth-order valence-corrected chi connectivity index (χ4v) is 8.92. The van der Waals surface area contributed by atoms with Gasteiger partial charge in [-0.1, -0.05) is 19.3 Å². The first-order valence-corrected chi connectivity index (χ1v) is 15.7. The van der Waals surface area contributed by atoms with Gasteiger partial charge in [-0.2, -0.15) is 0 Å². The number of hydrogen-bond donors (Lipinski definition) is 4. The van der Waals surface area contributed by atoms with Gasteiger partial charge in [-0.05, 0) is 92.6 Å². The van der Waals surface area contributed by atoms with Crippen LogP contribution < -0.4 is 26.4 Å². The number of carbonyl (C=O) groups is 2. The van der Waals surface area contributed by atoms with Crippen LogP contribution in [-0.2, 0) is 9.53 Å². The van der Waals surface area contributed by atoms with Crippen molar-refractivity contribution in [3.05, 3.63) is 45.8 Å². The molecule has 0 radical (unpaired) electrons. The first-order chi connectivity index (χ1) is 20.3. The standard InChI is InChI=1S/C31H43N5O6/c1-18(32)26(28(37)35-27-20-13-21-14-22-15-25(27)31(21,22)16-20)29(41-17-19-5-3-2-4-6-19)33-11-12-34-30(38)42-24-9-7-23(8-10-24)36(39)40/h7-10,18-22,25,27,33H,2-6,11-17,32H2,1H3,(H,34,38)(H,35,37)/p+1/b29-26-. The van der Waals surface area contributed by atoms with Crippen LogP contribution in [0.4, 0.5) is 10.5 Å². The molecule has 42 heavy (non-hydrogen) atoms. The van der Waals surface area contributed by atoms with E-state index in [4.69, 9.17) is 9.47 Å². The lowest BCUT2D eigenvalue weighted by Crippen LogP contribution is -2.66. The highest BCUT2D eigenvalue weighted by molar-refractivity contribution is 5.95. The van der Waals surface area contributed by atoms with Gasteiger partial charge in [0.25, 0.3) is 11.6 Å². The predicted molar refractivity (Wildman–Crippen MR) is 154 cm³/mol. The number of fused-ring (bicyclic) bond motifs is 1. The summed E-state index contributed by atoms with van der Waals surface area (Å²) in [6.45, 7) is 3.00. The van der Waals surface area contributed by atoms with E-state index < -0.39 is 11.0 Å². The number of nitro benzene ring substituents is 1. The van der Waals surface area contributed by atoms with Crippen molar-refractivity contribution >= 4 is 17.7 Å². The number of nitrogens with zero attached hydrogens (tertiary/aromatic N) is 1. The SMILES string of the molecule is CC([NH3+])/C(C(=O)NC1C2CC3CC4CC1C34C2)=C(\NCCNC(=O)Oc1ccc([N+](=O)[O-])cc1)OCC1CCCCC1. The van der Waals surface area contributed by atoms with Crippen LogP contribution in [0.3, 0.4) is 0 Å². The van der Waals surface area contributed by atoms with Crippen LogP contribution in [0.5, 0.6) is 5.75 Å². The van der Waals surface area contributed by atoms with E-state index in [2.05, 4.69) is 21.7 Å². The molecule has 0 aromatic heterocycles. The van der Waals surface area contributed by atoms with E-state index in [1.807, 2.05) is 6.92 Å². The molecule has 1 spiro atoms. The number of carbonyl (C=O) groups excluding carboxylic acids is 2. The van der Waals surface area contributed by atoms with Crippen LogP contribution in [0.15, 0.2) is 35.7 Å². The van der Waals surface area contributed by atoms with Crippen LogP contribution in [0.1, 0.15) is 64.7 Å². The Bertz CT molecular complexity index is 1230. The molecule has 1 aromatic rings. The zero-order valence-corrected chi connectivity index (χ0v) is 24.4. The highest BCUT2D eigenvalue weighted by Gasteiger charge is 2.76. The quantitative estimate of drug-likeness (QED) is 0.0968. The average molecular weight is 583 g/mol. The van der Waals surface area contributed by atoms with Crippen molar-refractivity contribution in [2.24, 2.45) is 35.0 Å². The zero-order valence-electron chi connectivity index (χ0n) is 24.4. The zero-order chi connectivity index (χ0) is 29.4. The molecule has 5 fully saturated rings. The van der Waals surface area contributed by atoms with Crippen molar-refractivity contribution in [1.82, 2.24) is 16.0 Å². The number of amides is 2. The fourth-order valence-electron chi connectivity index (χ4n) is 8.92. The van der Waals surface area contributed by atoms with Gasteiger partial charge in [0.1, 0.15) is 17.4 Å². The molecule has 0 saturated heterocycles. The van der Waals surface area contributed by atoms with Crippen LogP contribution in [0.25, 0.3) is 0 Å². The van der Waals surface area contributed by atoms with E-state index in [0.29, 0.717) is 47.8 Å². The number of quaternary nitrogens is 1. The second kappa shape index (κ2) is 11.7. The van der Waals surface area contributed by atoms with Gasteiger partial charge >= 0.3 is 6.09 Å². The maximum absolute atomic E-state index is 13.8. The number of ether oxygens (including phenoxy) is 2. The summed E-state index contributed by atoms with van der Waals surface area (Å²) in [5.41, 5.74) is 5.19. The Labute approximate surface area is 246 Å². The predicted octanol–water partition coefficient (Wildman–Crippen LogP) is 3.26. The molecule has 5 aliphatic carbocycles. The minimum absolute atomic E-state index is 0.0803. The van der Waals surface area contributed by atoms with Gasteiger partial charge < -0.3 is 31.2 Å². The molecule has 1 aromatic carbocycles. The minimum atomic E-state index is -0.674. The number of nitrogens with one attached hydrogen (secondary N) is 3. The largest absolute Gasteiger partial charge is 0.478 e. The van der Waals surface area contributed by atoms with Crippen molar-refractivity contribution in [2.75, 3.05) is 19.7 Å². The van der Waals surface area contributed by atoms with Crippen LogP contribution >= 0.6 is 0 Å². The molecular formula is C31H44N5O6+. The van der Waals surface area contributed by atoms with Crippen molar-refractivity contribution in [3.8, 4) is 5.75 Å². The Balaban J connectivity index is 1.08. The van der Waals surface area contributed by atoms with Gasteiger partial charge in [-0.3, -0.25) is 14.9 Å². The third-order valence-corrected chi connectivity index (χ3v) is 10.9. The molecule has 2 bridgehead atoms. The summed E-state index contributed by atoms with van der Waals surface area (Å²) in [7, 11) is 0. The summed E-state index contributed by atoms with van der Waals surface area (Å²) < 4.78 is 11.6. The van der Waals surface area contributed by atoms with Crippen molar-refractivity contribution < 1.29 is 29.7 Å². The highest BCUT2D eigenvalue weighted by atomic mass is 16.6. The van der Waals surface area contributed by atoms with Crippen molar-refractivity contribution in [1.29, 1.82) is 0 Å². The second-order valence-electron chi connectivity index (χ2n) is 13.2. The van der Waals surface area contributed by atoms with Gasteiger partial charge in [0, 0.05) is 31.3 Å². The van der Waals surface area contributed by atoms with E-state index in [9.17, 15) is 19.7 Å². The van der Waals surface area contributed by atoms with Gasteiger partial charge in [-0.25, -0.2) is 4.79 Å². The van der Waals surface area contributed by atoms with E-state index in [0.717, 1.165) is 24.7 Å². The number of benzene rings is 1. The Kier molecular flexibility index (Phi) is 8.04. The van der Waals surface area contributed by atoms with E-state index in [1.54, 1.807) is 0 Å². The Morgan fingerprint density at radius 3 is 2.45 bits per heavy atom. The maximum atomic E-state index is 13.8. The molecule has 11 heteroatoms. The minimum Gasteiger partial charge on any atom is -0.478 e. The smallest absolute Gasteiger partial charge is 0.412 e. The topological polar surface area (TPSA) is 159 Å². The maximum Gasteiger partial charge on any atom is 0.412 e. The molecule has 7 unspecified atom stereocenters. The van der Waals surface area contributed by atoms with E-state index in [-0.39, 0.29) is 36.0 Å². The first kappa shape index (κ1) is 28.8. The lowest BCUT2D eigenvalue weighted by atomic mass is 9.38. The van der Waals surface area contributed by atoms with Gasteiger partial charge in [0.15, 0.2) is 0 Å². The van der Waals surface area contributed by atoms with E-state index in [1.165, 1.54) is 69.2 Å². The Morgan fingerprint density at radius 2 is 1.79 bits per heavy atom. The van der Waals surface area contributed by atoms with Crippen LogP contribution in [0, 0.1) is 45.1 Å². The molecule has 5 saturated carbocycles. The molecule has 0 heterocycles. The lowest BCUT2D eigenvalue weighted by Gasteiger charge is -2.67. The summed E-state index contributed by atoms with van der Waals surface area (Å²) in [5, 5.41) is 20.2. The lowest BCUT2D eigenvalue weighted by molar-refractivity contribution is -0.400. The van der Waals surface area contributed by atoms with Crippen LogP contribution in [-0.4, -0.2) is 48.7 Å². The first-order valence-electron chi connectivity index (χ1n) is 15.7. The second-order valence-corrected chi connectivity index (χ2v) is 13.2. The average Bonchev–Trinajstić information content (AvgIpc) is 3.46. The summed E-state index contributed by atoms with van der Waals surface area (Å²) >= 11 is 0. The Hall–Kier alpha value is -3.34. The van der Waals surface area contributed by atoms with Gasteiger partial charge in [0.2, 0.25) is 5.88 Å². The molecule has 5 aliphatic rings. The molecule has 228 valence electrons. The van der Waals surface area contributed by atoms with E-state index >= 15 is 0 Å². The third kappa shape index (κ3) is 5.31. The highest BCUT2D eigenvalue weighted by Crippen LogP contribution is 2.81. The molecule has 6 rings (SSSR count). The van der Waals surface area contributed by atoms with Crippen LogP contribution in [0.2, 0.25) is 0 Å². The molecular weight excluding hydrogens is 538 g/mol. The number of nitro groups is 1. The normalized spacial score (nSPS) is 31.9. The molecule has 0 aliphatic heterocycles. The molecule has 6 N–H and O–H groups in total. The number of hydrogen-bond acceptors (Lipinski definition) is 7. The van der Waals surface area contributed by atoms with Gasteiger partial charge in [0.05, 0.1) is 11.5 Å². The van der Waals surface area contributed by atoms with Crippen molar-refractivity contribution in [2.45, 2.75) is 76.8 Å². The molecule has 2 amide bonds. The summed E-state index contributed by atoms with van der Waals surface area (Å²) in [6, 6.07) is 5.27. The number of rotatable bonds is 12.